The molecule has 0 saturated heterocycles. The Hall–Kier alpha value is -3.21. The molecule has 0 N–H and O–H groups in total. The highest BCUT2D eigenvalue weighted by molar-refractivity contribution is 5.77. The largest absolute Gasteiger partial charge is 0.459 e. The number of pyridine rings is 1. The number of anilines is 1. The van der Waals surface area contributed by atoms with Crippen LogP contribution in [0.25, 0.3) is 22.4 Å². The summed E-state index contributed by atoms with van der Waals surface area (Å²) in [6.45, 7) is 2.61. The number of nitrogens with zero attached hydrogens (tertiary/aromatic N) is 4. The highest BCUT2D eigenvalue weighted by atomic mass is 16.3. The first-order valence-electron chi connectivity index (χ1n) is 8.14. The Morgan fingerprint density at radius 3 is 2.72 bits per heavy atom. The second kappa shape index (κ2) is 6.36. The van der Waals surface area contributed by atoms with Gasteiger partial charge in [-0.1, -0.05) is 18.2 Å². The zero-order chi connectivity index (χ0) is 17.2. The van der Waals surface area contributed by atoms with Gasteiger partial charge in [0.05, 0.1) is 6.54 Å². The summed E-state index contributed by atoms with van der Waals surface area (Å²) in [5, 5.41) is 1.11. The van der Waals surface area contributed by atoms with E-state index < -0.39 is 0 Å². The van der Waals surface area contributed by atoms with E-state index in [0.29, 0.717) is 12.4 Å². The predicted molar refractivity (Wildman–Crippen MR) is 98.3 cm³/mol. The lowest BCUT2D eigenvalue weighted by molar-refractivity contribution is 0.545. The Morgan fingerprint density at radius 1 is 1.04 bits per heavy atom. The summed E-state index contributed by atoms with van der Waals surface area (Å²) in [6, 6.07) is 15.9. The SMILES string of the molecule is Cc1cc(N(C)Cc2cc3ccccc3o2)nc(-c2cccnc2)n1. The molecule has 4 rings (SSSR count). The molecule has 0 aliphatic carbocycles. The average molecular weight is 330 g/mol. The number of furan rings is 1. The molecule has 124 valence electrons. The summed E-state index contributed by atoms with van der Waals surface area (Å²) in [5.74, 6) is 2.44. The molecule has 0 spiro atoms. The molecule has 1 aromatic carbocycles. The van der Waals surface area contributed by atoms with Gasteiger partial charge in [-0.15, -0.1) is 0 Å². The third kappa shape index (κ3) is 3.21. The van der Waals surface area contributed by atoms with Crippen molar-refractivity contribution in [3.05, 3.63) is 72.4 Å². The van der Waals surface area contributed by atoms with Crippen LogP contribution < -0.4 is 4.90 Å². The molecule has 0 amide bonds. The van der Waals surface area contributed by atoms with E-state index in [2.05, 4.69) is 32.0 Å². The third-order valence-electron chi connectivity index (χ3n) is 4.02. The summed E-state index contributed by atoms with van der Waals surface area (Å²) in [5.41, 5.74) is 2.73. The van der Waals surface area contributed by atoms with E-state index in [1.807, 2.05) is 50.4 Å². The Morgan fingerprint density at radius 2 is 1.92 bits per heavy atom. The standard InChI is InChI=1S/C20H18N4O/c1-14-10-19(23-20(22-14)16-7-5-9-21-12-16)24(2)13-17-11-15-6-3-4-8-18(15)25-17/h3-12H,13H2,1-2H3. The summed E-state index contributed by atoms with van der Waals surface area (Å²) < 4.78 is 5.91. The topological polar surface area (TPSA) is 55.1 Å². The second-order valence-electron chi connectivity index (χ2n) is 6.04. The van der Waals surface area contributed by atoms with E-state index >= 15 is 0 Å². The number of fused-ring (bicyclic) bond motifs is 1. The van der Waals surface area contributed by atoms with Crippen molar-refractivity contribution < 1.29 is 4.42 Å². The van der Waals surface area contributed by atoms with Crippen molar-refractivity contribution in [3.8, 4) is 11.4 Å². The van der Waals surface area contributed by atoms with Crippen molar-refractivity contribution >= 4 is 16.8 Å². The van der Waals surface area contributed by atoms with Crippen LogP contribution in [0, 0.1) is 6.92 Å². The molecule has 3 heterocycles. The van der Waals surface area contributed by atoms with Gasteiger partial charge >= 0.3 is 0 Å². The van der Waals surface area contributed by atoms with Crippen molar-refractivity contribution in [2.75, 3.05) is 11.9 Å². The normalized spacial score (nSPS) is 11.0. The van der Waals surface area contributed by atoms with Gasteiger partial charge in [0.1, 0.15) is 17.2 Å². The molecule has 25 heavy (non-hydrogen) atoms. The lowest BCUT2D eigenvalue weighted by atomic mass is 10.2. The molecule has 3 aromatic heterocycles. The minimum Gasteiger partial charge on any atom is -0.459 e. The van der Waals surface area contributed by atoms with Crippen LogP contribution in [0.15, 0.2) is 65.3 Å². The number of rotatable bonds is 4. The molecule has 0 bridgehead atoms. The highest BCUT2D eigenvalue weighted by Crippen LogP contribution is 2.23. The molecule has 5 heteroatoms. The minimum atomic E-state index is 0.637. The van der Waals surface area contributed by atoms with Crippen LogP contribution in [0.5, 0.6) is 0 Å². The molecule has 4 aromatic rings. The Balaban J connectivity index is 1.63. The number of benzene rings is 1. The quantitative estimate of drug-likeness (QED) is 0.560. The lowest BCUT2D eigenvalue weighted by Gasteiger charge is -2.18. The zero-order valence-corrected chi connectivity index (χ0v) is 14.2. The van der Waals surface area contributed by atoms with E-state index in [1.165, 1.54) is 0 Å². The molecule has 0 aliphatic heterocycles. The van der Waals surface area contributed by atoms with Gasteiger partial charge in [0.2, 0.25) is 0 Å². The van der Waals surface area contributed by atoms with Crippen LogP contribution in [-0.4, -0.2) is 22.0 Å². The zero-order valence-electron chi connectivity index (χ0n) is 14.2. The van der Waals surface area contributed by atoms with E-state index in [0.717, 1.165) is 33.8 Å². The van der Waals surface area contributed by atoms with Crippen LogP contribution in [0.4, 0.5) is 5.82 Å². The van der Waals surface area contributed by atoms with Gasteiger partial charge in [-0.25, -0.2) is 9.97 Å². The number of aromatic nitrogens is 3. The van der Waals surface area contributed by atoms with Gasteiger partial charge in [0.25, 0.3) is 0 Å². The molecule has 0 aliphatic rings. The molecule has 0 unspecified atom stereocenters. The van der Waals surface area contributed by atoms with Gasteiger partial charge in [0.15, 0.2) is 5.82 Å². The summed E-state index contributed by atoms with van der Waals surface area (Å²) >= 11 is 0. The Labute approximate surface area is 146 Å². The van der Waals surface area contributed by atoms with E-state index in [1.54, 1.807) is 12.4 Å². The monoisotopic (exact) mass is 330 g/mol. The summed E-state index contributed by atoms with van der Waals surface area (Å²) in [4.78, 5) is 15.4. The van der Waals surface area contributed by atoms with Gasteiger partial charge in [-0.05, 0) is 31.2 Å². The average Bonchev–Trinajstić information content (AvgIpc) is 3.04. The van der Waals surface area contributed by atoms with Crippen LogP contribution in [0.3, 0.4) is 0 Å². The van der Waals surface area contributed by atoms with Crippen LogP contribution in [0.2, 0.25) is 0 Å². The molecule has 0 atom stereocenters. The lowest BCUT2D eigenvalue weighted by Crippen LogP contribution is -2.18. The van der Waals surface area contributed by atoms with Crippen molar-refractivity contribution in [1.29, 1.82) is 0 Å². The fourth-order valence-corrected chi connectivity index (χ4v) is 2.80. The van der Waals surface area contributed by atoms with Crippen LogP contribution in [0.1, 0.15) is 11.5 Å². The van der Waals surface area contributed by atoms with Crippen molar-refractivity contribution in [2.24, 2.45) is 0 Å². The first kappa shape index (κ1) is 15.3. The maximum atomic E-state index is 5.91. The first-order valence-corrected chi connectivity index (χ1v) is 8.14. The molecule has 0 saturated carbocycles. The predicted octanol–water partition coefficient (Wildman–Crippen LogP) is 4.23. The number of hydrogen-bond donors (Lipinski definition) is 0. The van der Waals surface area contributed by atoms with Gasteiger partial charge in [-0.2, -0.15) is 0 Å². The highest BCUT2D eigenvalue weighted by Gasteiger charge is 2.11. The molecule has 0 fully saturated rings. The minimum absolute atomic E-state index is 0.637. The van der Waals surface area contributed by atoms with Gasteiger partial charge in [0, 0.05) is 42.2 Å². The Bertz CT molecular complexity index is 978. The smallest absolute Gasteiger partial charge is 0.163 e. The van der Waals surface area contributed by atoms with Gasteiger partial charge < -0.3 is 9.32 Å². The van der Waals surface area contributed by atoms with Crippen LogP contribution >= 0.6 is 0 Å². The van der Waals surface area contributed by atoms with Gasteiger partial charge in [-0.3, -0.25) is 4.98 Å². The fraction of sp³-hybridized carbons (Fsp3) is 0.150. The fourth-order valence-electron chi connectivity index (χ4n) is 2.80. The summed E-state index contributed by atoms with van der Waals surface area (Å²) in [7, 11) is 2.00. The third-order valence-corrected chi connectivity index (χ3v) is 4.02. The molecule has 5 nitrogen and oxygen atoms in total. The Kier molecular flexibility index (Phi) is 3.90. The number of hydrogen-bond acceptors (Lipinski definition) is 5. The maximum absolute atomic E-state index is 5.91. The second-order valence-corrected chi connectivity index (χ2v) is 6.04. The van der Waals surface area contributed by atoms with Crippen LogP contribution in [-0.2, 0) is 6.54 Å². The van der Waals surface area contributed by atoms with E-state index in [4.69, 9.17) is 4.42 Å². The molecule has 0 radical (unpaired) electrons. The first-order chi connectivity index (χ1) is 12.2. The number of para-hydroxylation sites is 1. The van der Waals surface area contributed by atoms with E-state index in [9.17, 15) is 0 Å². The van der Waals surface area contributed by atoms with Crippen molar-refractivity contribution in [2.45, 2.75) is 13.5 Å². The van der Waals surface area contributed by atoms with Crippen molar-refractivity contribution in [3.63, 3.8) is 0 Å². The maximum Gasteiger partial charge on any atom is 0.163 e. The molecular weight excluding hydrogens is 312 g/mol. The van der Waals surface area contributed by atoms with E-state index in [-0.39, 0.29) is 0 Å². The molecular formula is C20H18N4O. The number of aryl methyl sites for hydroxylation is 1. The summed E-state index contributed by atoms with van der Waals surface area (Å²) in [6.07, 6.45) is 3.52. The van der Waals surface area contributed by atoms with Crippen molar-refractivity contribution in [1.82, 2.24) is 15.0 Å².